The Kier molecular flexibility index (Phi) is 9.63. The van der Waals surface area contributed by atoms with E-state index < -0.39 is 18.2 Å². The molecule has 0 bridgehead atoms. The molecule has 2 unspecified atom stereocenters. The van der Waals surface area contributed by atoms with Crippen LogP contribution >= 0.6 is 15.9 Å². The van der Waals surface area contributed by atoms with E-state index in [2.05, 4.69) is 15.9 Å². The van der Waals surface area contributed by atoms with Gasteiger partial charge in [-0.1, -0.05) is 46.3 Å². The van der Waals surface area contributed by atoms with E-state index in [9.17, 15) is 18.7 Å². The minimum Gasteiger partial charge on any atom is -0.490 e. The molecule has 0 saturated heterocycles. The monoisotopic (exact) mass is 548 g/mol. The van der Waals surface area contributed by atoms with E-state index in [0.29, 0.717) is 32.7 Å². The van der Waals surface area contributed by atoms with Crippen LogP contribution in [0.1, 0.15) is 19.4 Å². The molecule has 0 radical (unpaired) electrons. The third-order valence-electron chi connectivity index (χ3n) is 4.99. The Hall–Kier alpha value is -2.97. The molecule has 8 heteroatoms. The molecule has 0 aliphatic carbocycles. The Morgan fingerprint density at radius 3 is 2.29 bits per heavy atom. The fourth-order valence-corrected chi connectivity index (χ4v) is 3.71. The zero-order valence-corrected chi connectivity index (χ0v) is 21.0. The Morgan fingerprint density at radius 1 is 0.971 bits per heavy atom. The number of hydrogen-bond donors (Lipinski definition) is 1. The second kappa shape index (κ2) is 12.7. The van der Waals surface area contributed by atoms with Gasteiger partial charge in [-0.2, -0.15) is 0 Å². The molecule has 0 aliphatic rings. The normalized spacial score (nSPS) is 12.9. The summed E-state index contributed by atoms with van der Waals surface area (Å²) in [5.41, 5.74) is 1.86. The van der Waals surface area contributed by atoms with Crippen molar-refractivity contribution in [3.8, 4) is 22.6 Å². The van der Waals surface area contributed by atoms with Crippen molar-refractivity contribution < 1.29 is 32.9 Å². The summed E-state index contributed by atoms with van der Waals surface area (Å²) in [6.45, 7) is 3.11. The van der Waals surface area contributed by atoms with Crippen molar-refractivity contribution >= 4 is 21.9 Å². The Balaban J connectivity index is 1.49. The fraction of sp³-hybridized carbons (Fsp3) is 0.296. The molecule has 0 fully saturated rings. The molecule has 35 heavy (non-hydrogen) atoms. The van der Waals surface area contributed by atoms with Crippen LogP contribution in [0.2, 0.25) is 0 Å². The van der Waals surface area contributed by atoms with Gasteiger partial charge in [-0.25, -0.2) is 13.6 Å². The molecule has 3 aromatic rings. The zero-order chi connectivity index (χ0) is 25.4. The summed E-state index contributed by atoms with van der Waals surface area (Å²) in [5, 5.41) is 9.34. The smallest absolute Gasteiger partial charge is 0.333 e. The number of carbonyl (C=O) groups is 1. The van der Waals surface area contributed by atoms with Gasteiger partial charge < -0.3 is 19.3 Å². The van der Waals surface area contributed by atoms with Crippen LogP contribution in [0, 0.1) is 5.82 Å². The molecule has 2 atom stereocenters. The van der Waals surface area contributed by atoms with Gasteiger partial charge >= 0.3 is 5.97 Å². The topological polar surface area (TPSA) is 65.0 Å². The second-order valence-corrected chi connectivity index (χ2v) is 9.15. The van der Waals surface area contributed by atoms with Crippen molar-refractivity contribution in [2.24, 2.45) is 0 Å². The van der Waals surface area contributed by atoms with Crippen molar-refractivity contribution in [1.29, 1.82) is 0 Å². The van der Waals surface area contributed by atoms with E-state index in [1.165, 1.54) is 6.07 Å². The summed E-state index contributed by atoms with van der Waals surface area (Å²) >= 11 is 3.24. The van der Waals surface area contributed by atoms with Gasteiger partial charge in [0.05, 0.1) is 6.10 Å². The fourth-order valence-electron chi connectivity index (χ4n) is 3.37. The first-order chi connectivity index (χ1) is 16.7. The van der Waals surface area contributed by atoms with Crippen molar-refractivity contribution in [1.82, 2.24) is 0 Å². The Labute approximate surface area is 211 Å². The highest BCUT2D eigenvalue weighted by Crippen LogP contribution is 2.27. The van der Waals surface area contributed by atoms with Gasteiger partial charge in [-0.05, 0) is 61.4 Å². The SMILES string of the molecule is CC(C)OC(Cc1cccc(OCC(F)COc2ccc(-c3ccc(Br)cc3F)cc2)c1)C(=O)O. The molecule has 0 aromatic heterocycles. The van der Waals surface area contributed by atoms with Crippen LogP contribution in [0.15, 0.2) is 71.2 Å². The van der Waals surface area contributed by atoms with Crippen LogP contribution in [0.4, 0.5) is 8.78 Å². The van der Waals surface area contributed by atoms with Crippen LogP contribution in [0.25, 0.3) is 11.1 Å². The van der Waals surface area contributed by atoms with Crippen molar-refractivity contribution in [2.45, 2.75) is 38.6 Å². The lowest BCUT2D eigenvalue weighted by Crippen LogP contribution is -2.29. The number of hydrogen-bond acceptors (Lipinski definition) is 4. The summed E-state index contributed by atoms with van der Waals surface area (Å²) in [4.78, 5) is 11.4. The maximum absolute atomic E-state index is 14.4. The number of carboxylic acid groups (broad SMARTS) is 1. The Morgan fingerprint density at radius 2 is 1.66 bits per heavy atom. The molecule has 0 aliphatic heterocycles. The summed E-state index contributed by atoms with van der Waals surface area (Å²) < 4.78 is 45.6. The van der Waals surface area contributed by atoms with Crippen molar-refractivity contribution in [3.63, 3.8) is 0 Å². The standard InChI is InChI=1S/C27H27BrF2O5/c1-17(2)35-26(27(31)32)13-18-4-3-5-23(12-18)34-16-21(29)15-33-22-9-6-19(7-10-22)24-11-8-20(28)14-25(24)30/h3-12,14,17,21,26H,13,15-16H2,1-2H3,(H,31,32). The number of alkyl halides is 1. The molecule has 0 spiro atoms. The third kappa shape index (κ3) is 8.33. The maximum atomic E-state index is 14.4. The summed E-state index contributed by atoms with van der Waals surface area (Å²) in [5.74, 6) is -0.495. The highest BCUT2D eigenvalue weighted by atomic mass is 79.9. The van der Waals surface area contributed by atoms with Crippen LogP contribution in [0.5, 0.6) is 11.5 Å². The van der Waals surface area contributed by atoms with Gasteiger partial charge in [0.25, 0.3) is 0 Å². The van der Waals surface area contributed by atoms with Gasteiger partial charge in [0, 0.05) is 16.5 Å². The molecule has 186 valence electrons. The van der Waals surface area contributed by atoms with Gasteiger partial charge in [-0.3, -0.25) is 0 Å². The minimum atomic E-state index is -1.39. The third-order valence-corrected chi connectivity index (χ3v) is 5.48. The zero-order valence-electron chi connectivity index (χ0n) is 19.4. The number of halogens is 3. The predicted octanol–water partition coefficient (Wildman–Crippen LogP) is 6.47. The number of aliphatic carboxylic acids is 1. The molecule has 1 N–H and O–H groups in total. The molecular formula is C27H27BrF2O5. The average molecular weight is 549 g/mol. The average Bonchev–Trinajstić information content (AvgIpc) is 2.81. The first-order valence-corrected chi connectivity index (χ1v) is 11.9. The van der Waals surface area contributed by atoms with E-state index >= 15 is 0 Å². The molecular weight excluding hydrogens is 522 g/mol. The van der Waals surface area contributed by atoms with Crippen molar-refractivity contribution in [2.75, 3.05) is 13.2 Å². The predicted molar refractivity (Wildman–Crippen MR) is 133 cm³/mol. The van der Waals surface area contributed by atoms with E-state index in [1.807, 2.05) is 0 Å². The second-order valence-electron chi connectivity index (χ2n) is 8.23. The number of ether oxygens (including phenoxy) is 3. The first-order valence-electron chi connectivity index (χ1n) is 11.1. The molecule has 0 saturated carbocycles. The van der Waals surface area contributed by atoms with Crippen LogP contribution in [-0.2, 0) is 16.0 Å². The van der Waals surface area contributed by atoms with Crippen LogP contribution in [-0.4, -0.2) is 42.7 Å². The highest BCUT2D eigenvalue weighted by molar-refractivity contribution is 9.10. The van der Waals surface area contributed by atoms with Gasteiger partial charge in [0.2, 0.25) is 0 Å². The van der Waals surface area contributed by atoms with Crippen LogP contribution in [0.3, 0.4) is 0 Å². The van der Waals surface area contributed by atoms with Crippen molar-refractivity contribution in [3.05, 3.63) is 82.6 Å². The van der Waals surface area contributed by atoms with E-state index in [-0.39, 0.29) is 31.6 Å². The lowest BCUT2D eigenvalue weighted by Gasteiger charge is -2.17. The lowest BCUT2D eigenvalue weighted by molar-refractivity contribution is -0.153. The quantitative estimate of drug-likeness (QED) is 0.281. The summed E-state index contributed by atoms with van der Waals surface area (Å²) in [7, 11) is 0. The number of rotatable bonds is 12. The van der Waals surface area contributed by atoms with E-state index in [1.54, 1.807) is 74.5 Å². The first kappa shape index (κ1) is 26.6. The van der Waals surface area contributed by atoms with E-state index in [0.717, 1.165) is 0 Å². The summed E-state index contributed by atoms with van der Waals surface area (Å²) in [6.07, 6.45) is -2.41. The number of carboxylic acids is 1. The lowest BCUT2D eigenvalue weighted by atomic mass is 10.1. The summed E-state index contributed by atoms with van der Waals surface area (Å²) in [6, 6.07) is 18.4. The van der Waals surface area contributed by atoms with Crippen LogP contribution < -0.4 is 9.47 Å². The largest absolute Gasteiger partial charge is 0.490 e. The van der Waals surface area contributed by atoms with Gasteiger partial charge in [-0.15, -0.1) is 0 Å². The number of benzene rings is 3. The molecule has 3 aromatic carbocycles. The van der Waals surface area contributed by atoms with Gasteiger partial charge in [0.15, 0.2) is 12.3 Å². The maximum Gasteiger partial charge on any atom is 0.333 e. The van der Waals surface area contributed by atoms with Gasteiger partial charge in [0.1, 0.15) is 30.5 Å². The highest BCUT2D eigenvalue weighted by Gasteiger charge is 2.20. The molecule has 0 amide bonds. The minimum absolute atomic E-state index is 0.174. The molecule has 3 rings (SSSR count). The van der Waals surface area contributed by atoms with E-state index in [4.69, 9.17) is 14.2 Å². The molecule has 5 nitrogen and oxygen atoms in total. The molecule has 0 heterocycles. The Bertz CT molecular complexity index is 1120.